The molecule has 0 aliphatic rings. The first-order valence-electron chi connectivity index (χ1n) is 5.33. The summed E-state index contributed by atoms with van der Waals surface area (Å²) in [5.41, 5.74) is 0.631. The number of aromatic carboxylic acids is 1. The highest BCUT2D eigenvalue weighted by Gasteiger charge is 2.07. The van der Waals surface area contributed by atoms with E-state index < -0.39 is 5.97 Å². The minimum absolute atomic E-state index is 0.0744. The first-order valence-corrected chi connectivity index (χ1v) is 6.09. The molecule has 0 radical (unpaired) electrons. The van der Waals surface area contributed by atoms with Crippen LogP contribution in [-0.4, -0.2) is 16.1 Å². The monoisotopic (exact) mass is 297 g/mol. The lowest BCUT2D eigenvalue weighted by molar-refractivity contribution is 0.0689. The molecule has 1 heterocycles. The summed E-state index contributed by atoms with van der Waals surface area (Å²) in [6.45, 7) is 0.162. The number of carboxylic acid groups (broad SMARTS) is 1. The Bertz CT molecular complexity index is 617. The Morgan fingerprint density at radius 2 is 2.05 bits per heavy atom. The normalized spacial score (nSPS) is 10.2. The van der Waals surface area contributed by atoms with Crippen molar-refractivity contribution in [1.29, 1.82) is 0 Å². The molecule has 19 heavy (non-hydrogen) atoms. The maximum Gasteiger partial charge on any atom is 0.354 e. The van der Waals surface area contributed by atoms with Gasteiger partial charge in [0, 0.05) is 21.7 Å². The van der Waals surface area contributed by atoms with Crippen molar-refractivity contribution in [2.75, 3.05) is 0 Å². The van der Waals surface area contributed by atoms with Crippen LogP contribution in [0.4, 0.5) is 0 Å². The van der Waals surface area contributed by atoms with Gasteiger partial charge in [-0.15, -0.1) is 0 Å². The van der Waals surface area contributed by atoms with E-state index in [0.717, 1.165) is 0 Å². The molecule has 98 valence electrons. The molecule has 0 atom stereocenters. The summed E-state index contributed by atoms with van der Waals surface area (Å²) < 4.78 is 5.40. The molecule has 0 spiro atoms. The van der Waals surface area contributed by atoms with Crippen molar-refractivity contribution >= 4 is 29.2 Å². The molecule has 0 aliphatic carbocycles. The molecule has 0 saturated heterocycles. The summed E-state index contributed by atoms with van der Waals surface area (Å²) in [5.74, 6) is -0.887. The Morgan fingerprint density at radius 1 is 1.26 bits per heavy atom. The number of hydrogen-bond donors (Lipinski definition) is 1. The van der Waals surface area contributed by atoms with Gasteiger partial charge in [-0.1, -0.05) is 29.3 Å². The third-order valence-corrected chi connectivity index (χ3v) is 2.93. The molecule has 2 aromatic rings. The summed E-state index contributed by atoms with van der Waals surface area (Å²) in [6, 6.07) is 9.56. The van der Waals surface area contributed by atoms with E-state index in [1.165, 1.54) is 6.07 Å². The van der Waals surface area contributed by atoms with Crippen LogP contribution in [0, 0.1) is 0 Å². The van der Waals surface area contributed by atoms with E-state index in [-0.39, 0.29) is 18.2 Å². The lowest BCUT2D eigenvalue weighted by Gasteiger charge is -2.07. The van der Waals surface area contributed by atoms with Crippen molar-refractivity contribution in [3.05, 3.63) is 57.7 Å². The van der Waals surface area contributed by atoms with Gasteiger partial charge in [0.05, 0.1) is 0 Å². The smallest absolute Gasteiger partial charge is 0.354 e. The predicted molar refractivity (Wildman–Crippen MR) is 72.0 cm³/mol. The molecule has 6 heteroatoms. The number of carbonyl (C=O) groups is 1. The molecule has 1 aromatic heterocycles. The van der Waals surface area contributed by atoms with Gasteiger partial charge in [-0.05, 0) is 24.3 Å². The molecule has 4 nitrogen and oxygen atoms in total. The minimum Gasteiger partial charge on any atom is -0.477 e. The molecule has 1 aromatic carbocycles. The van der Waals surface area contributed by atoms with Gasteiger partial charge in [-0.25, -0.2) is 9.78 Å². The van der Waals surface area contributed by atoms with Crippen molar-refractivity contribution in [3.8, 4) is 5.88 Å². The summed E-state index contributed by atoms with van der Waals surface area (Å²) >= 11 is 11.8. The van der Waals surface area contributed by atoms with Crippen molar-refractivity contribution in [1.82, 2.24) is 4.98 Å². The van der Waals surface area contributed by atoms with Crippen molar-refractivity contribution in [3.63, 3.8) is 0 Å². The SMILES string of the molecule is O=C(O)c1cccc(OCc2cc(Cl)ccc2Cl)n1. The number of rotatable bonds is 4. The van der Waals surface area contributed by atoms with Gasteiger partial charge in [0.1, 0.15) is 6.61 Å². The van der Waals surface area contributed by atoms with E-state index in [2.05, 4.69) is 4.98 Å². The lowest BCUT2D eigenvalue weighted by atomic mass is 10.2. The Labute approximate surface area is 119 Å². The average Bonchev–Trinajstić information content (AvgIpc) is 2.40. The van der Waals surface area contributed by atoms with Crippen LogP contribution < -0.4 is 4.74 Å². The number of carboxylic acids is 1. The fourth-order valence-corrected chi connectivity index (χ4v) is 1.79. The summed E-state index contributed by atoms with van der Waals surface area (Å²) in [5, 5.41) is 9.90. The Morgan fingerprint density at radius 3 is 2.79 bits per heavy atom. The molecule has 0 unspecified atom stereocenters. The second-order valence-electron chi connectivity index (χ2n) is 3.69. The average molecular weight is 298 g/mol. The van der Waals surface area contributed by atoms with Crippen LogP contribution in [0.15, 0.2) is 36.4 Å². The van der Waals surface area contributed by atoms with E-state index in [0.29, 0.717) is 15.6 Å². The van der Waals surface area contributed by atoms with E-state index >= 15 is 0 Å². The molecule has 0 saturated carbocycles. The zero-order valence-electron chi connectivity index (χ0n) is 9.64. The van der Waals surface area contributed by atoms with Crippen LogP contribution in [-0.2, 0) is 6.61 Å². The first kappa shape index (κ1) is 13.6. The van der Waals surface area contributed by atoms with Crippen LogP contribution in [0.5, 0.6) is 5.88 Å². The summed E-state index contributed by atoms with van der Waals surface area (Å²) in [4.78, 5) is 14.6. The topological polar surface area (TPSA) is 59.4 Å². The van der Waals surface area contributed by atoms with Crippen LogP contribution in [0.25, 0.3) is 0 Å². The van der Waals surface area contributed by atoms with Crippen LogP contribution in [0.2, 0.25) is 10.0 Å². The van der Waals surface area contributed by atoms with E-state index in [4.69, 9.17) is 33.0 Å². The quantitative estimate of drug-likeness (QED) is 0.935. The van der Waals surface area contributed by atoms with Gasteiger partial charge in [0.2, 0.25) is 5.88 Å². The number of benzene rings is 1. The third-order valence-electron chi connectivity index (χ3n) is 2.33. The van der Waals surface area contributed by atoms with Gasteiger partial charge in [-0.2, -0.15) is 0 Å². The van der Waals surface area contributed by atoms with Crippen molar-refractivity contribution < 1.29 is 14.6 Å². The third kappa shape index (κ3) is 3.59. The minimum atomic E-state index is -1.11. The highest BCUT2D eigenvalue weighted by Crippen LogP contribution is 2.22. The van der Waals surface area contributed by atoms with E-state index in [1.54, 1.807) is 30.3 Å². The Balaban J connectivity index is 2.12. The van der Waals surface area contributed by atoms with Gasteiger partial charge < -0.3 is 9.84 Å². The number of ether oxygens (including phenoxy) is 1. The molecular formula is C13H9Cl2NO3. The Hall–Kier alpha value is -1.78. The summed E-state index contributed by atoms with van der Waals surface area (Å²) in [6.07, 6.45) is 0. The maximum atomic E-state index is 10.8. The largest absolute Gasteiger partial charge is 0.477 e. The fraction of sp³-hybridized carbons (Fsp3) is 0.0769. The van der Waals surface area contributed by atoms with Crippen LogP contribution >= 0.6 is 23.2 Å². The number of hydrogen-bond acceptors (Lipinski definition) is 3. The number of nitrogens with zero attached hydrogens (tertiary/aromatic N) is 1. The lowest BCUT2D eigenvalue weighted by Crippen LogP contribution is -2.03. The second-order valence-corrected chi connectivity index (χ2v) is 4.53. The molecular weight excluding hydrogens is 289 g/mol. The maximum absolute atomic E-state index is 10.8. The van der Waals surface area contributed by atoms with E-state index in [1.807, 2.05) is 0 Å². The van der Waals surface area contributed by atoms with Crippen molar-refractivity contribution in [2.45, 2.75) is 6.61 Å². The van der Waals surface area contributed by atoms with E-state index in [9.17, 15) is 4.79 Å². The van der Waals surface area contributed by atoms with Crippen molar-refractivity contribution in [2.24, 2.45) is 0 Å². The summed E-state index contributed by atoms with van der Waals surface area (Å²) in [7, 11) is 0. The van der Waals surface area contributed by atoms with Gasteiger partial charge in [0.25, 0.3) is 0 Å². The number of aromatic nitrogens is 1. The molecule has 0 fully saturated rings. The molecule has 0 bridgehead atoms. The Kier molecular flexibility index (Phi) is 4.24. The fourth-order valence-electron chi connectivity index (χ4n) is 1.42. The second kappa shape index (κ2) is 5.91. The van der Waals surface area contributed by atoms with Crippen LogP contribution in [0.3, 0.4) is 0 Å². The predicted octanol–water partition coefficient (Wildman–Crippen LogP) is 3.67. The van der Waals surface area contributed by atoms with Gasteiger partial charge in [-0.3, -0.25) is 0 Å². The molecule has 0 aliphatic heterocycles. The van der Waals surface area contributed by atoms with Crippen LogP contribution in [0.1, 0.15) is 16.1 Å². The highest BCUT2D eigenvalue weighted by atomic mass is 35.5. The first-order chi connectivity index (χ1) is 9.06. The molecule has 0 amide bonds. The zero-order valence-corrected chi connectivity index (χ0v) is 11.1. The number of pyridine rings is 1. The standard InChI is InChI=1S/C13H9Cl2NO3/c14-9-4-5-10(15)8(6-9)7-19-12-3-1-2-11(16-12)13(17)18/h1-6H,7H2,(H,17,18). The highest BCUT2D eigenvalue weighted by molar-refractivity contribution is 6.33. The molecule has 1 N–H and O–H groups in total. The number of halogens is 2. The zero-order chi connectivity index (χ0) is 13.8. The van der Waals surface area contributed by atoms with Gasteiger partial charge >= 0.3 is 5.97 Å². The molecule has 2 rings (SSSR count). The van der Waals surface area contributed by atoms with Gasteiger partial charge in [0.15, 0.2) is 5.69 Å².